The summed E-state index contributed by atoms with van der Waals surface area (Å²) in [4.78, 5) is 11.8. The lowest BCUT2D eigenvalue weighted by Crippen LogP contribution is -2.48. The fourth-order valence-electron chi connectivity index (χ4n) is 2.43. The summed E-state index contributed by atoms with van der Waals surface area (Å²) in [6.45, 7) is 0. The second-order valence-corrected chi connectivity index (χ2v) is 5.13. The topological polar surface area (TPSA) is 67.1 Å². The Bertz CT molecular complexity index is 481. The van der Waals surface area contributed by atoms with Crippen LogP contribution >= 0.6 is 0 Å². The highest BCUT2D eigenvalue weighted by atomic mass is 19.1. The van der Waals surface area contributed by atoms with Crippen LogP contribution < -0.4 is 16.4 Å². The van der Waals surface area contributed by atoms with Gasteiger partial charge in [0.25, 0.3) is 0 Å². The standard InChI is InChI=1S/C14H19F2N3O/c15-9-6-7-12(10(16)8-9)18-14(20)19-13-5-3-1-2-4-11(13)17/h6-8,11,13H,1-5,17H2,(H2,18,19,20). The van der Waals surface area contributed by atoms with Gasteiger partial charge in [-0.05, 0) is 25.0 Å². The highest BCUT2D eigenvalue weighted by Gasteiger charge is 2.22. The second-order valence-electron chi connectivity index (χ2n) is 5.13. The molecule has 1 fully saturated rings. The molecule has 2 rings (SSSR count). The van der Waals surface area contributed by atoms with Gasteiger partial charge in [-0.15, -0.1) is 0 Å². The van der Waals surface area contributed by atoms with Crippen molar-refractivity contribution in [1.82, 2.24) is 5.32 Å². The van der Waals surface area contributed by atoms with E-state index < -0.39 is 17.7 Å². The molecule has 0 aliphatic heterocycles. The molecule has 20 heavy (non-hydrogen) atoms. The van der Waals surface area contributed by atoms with E-state index in [0.29, 0.717) is 0 Å². The van der Waals surface area contributed by atoms with Crippen molar-refractivity contribution >= 4 is 11.7 Å². The summed E-state index contributed by atoms with van der Waals surface area (Å²) < 4.78 is 26.2. The molecule has 0 bridgehead atoms. The predicted octanol–water partition coefficient (Wildman–Crippen LogP) is 2.75. The van der Waals surface area contributed by atoms with E-state index >= 15 is 0 Å². The summed E-state index contributed by atoms with van der Waals surface area (Å²) in [7, 11) is 0. The van der Waals surface area contributed by atoms with E-state index in [1.54, 1.807) is 0 Å². The molecule has 0 heterocycles. The van der Waals surface area contributed by atoms with Crippen molar-refractivity contribution in [2.45, 2.75) is 44.2 Å². The molecule has 1 aliphatic carbocycles. The van der Waals surface area contributed by atoms with Crippen molar-refractivity contribution in [3.8, 4) is 0 Å². The number of urea groups is 1. The third-order valence-corrected chi connectivity index (χ3v) is 3.57. The third-order valence-electron chi connectivity index (χ3n) is 3.57. The maximum atomic E-state index is 13.4. The summed E-state index contributed by atoms with van der Waals surface area (Å²) in [6.07, 6.45) is 4.88. The van der Waals surface area contributed by atoms with E-state index in [2.05, 4.69) is 10.6 Å². The smallest absolute Gasteiger partial charge is 0.319 e. The Morgan fingerprint density at radius 3 is 2.70 bits per heavy atom. The number of halogens is 2. The van der Waals surface area contributed by atoms with Gasteiger partial charge >= 0.3 is 6.03 Å². The molecular weight excluding hydrogens is 264 g/mol. The normalized spacial score (nSPS) is 22.9. The van der Waals surface area contributed by atoms with Gasteiger partial charge in [0.15, 0.2) is 0 Å². The van der Waals surface area contributed by atoms with Crippen LogP contribution in [0, 0.1) is 11.6 Å². The van der Waals surface area contributed by atoms with Gasteiger partial charge < -0.3 is 16.4 Å². The van der Waals surface area contributed by atoms with E-state index in [1.807, 2.05) is 0 Å². The van der Waals surface area contributed by atoms with Gasteiger partial charge in [0.2, 0.25) is 0 Å². The molecule has 1 aromatic rings. The Hall–Kier alpha value is -1.69. The average Bonchev–Trinajstić information content (AvgIpc) is 2.59. The van der Waals surface area contributed by atoms with Crippen molar-refractivity contribution in [2.24, 2.45) is 5.73 Å². The number of nitrogens with two attached hydrogens (primary N) is 1. The molecular formula is C14H19F2N3O. The first kappa shape index (κ1) is 14.7. The summed E-state index contributed by atoms with van der Waals surface area (Å²) >= 11 is 0. The SMILES string of the molecule is NC1CCCCCC1NC(=O)Nc1ccc(F)cc1F. The Kier molecular flexibility index (Phi) is 4.89. The van der Waals surface area contributed by atoms with Gasteiger partial charge in [-0.2, -0.15) is 0 Å². The fraction of sp³-hybridized carbons (Fsp3) is 0.500. The van der Waals surface area contributed by atoms with Crippen LogP contribution in [0.25, 0.3) is 0 Å². The minimum absolute atomic E-state index is 0.0499. The number of anilines is 1. The molecule has 0 aromatic heterocycles. The minimum atomic E-state index is -0.801. The molecule has 6 heteroatoms. The Morgan fingerprint density at radius 1 is 1.20 bits per heavy atom. The van der Waals surface area contributed by atoms with Crippen molar-refractivity contribution in [2.75, 3.05) is 5.32 Å². The number of carbonyl (C=O) groups excluding carboxylic acids is 1. The number of benzene rings is 1. The zero-order valence-corrected chi connectivity index (χ0v) is 11.2. The number of amides is 2. The molecule has 0 saturated heterocycles. The number of nitrogens with one attached hydrogen (secondary N) is 2. The van der Waals surface area contributed by atoms with Crippen molar-refractivity contribution in [1.29, 1.82) is 0 Å². The van der Waals surface area contributed by atoms with Crippen molar-refractivity contribution < 1.29 is 13.6 Å². The average molecular weight is 283 g/mol. The molecule has 1 aromatic carbocycles. The fourth-order valence-corrected chi connectivity index (χ4v) is 2.43. The van der Waals surface area contributed by atoms with Crippen LogP contribution in [0.15, 0.2) is 18.2 Å². The van der Waals surface area contributed by atoms with Gasteiger partial charge in [0.05, 0.1) is 5.69 Å². The summed E-state index contributed by atoms with van der Waals surface area (Å²) in [6, 6.07) is 2.31. The molecule has 2 amide bonds. The molecule has 2 atom stereocenters. The monoisotopic (exact) mass is 283 g/mol. The first-order chi connectivity index (χ1) is 9.56. The molecule has 110 valence electrons. The lowest BCUT2D eigenvalue weighted by atomic mass is 10.0. The quantitative estimate of drug-likeness (QED) is 0.731. The number of rotatable bonds is 2. The van der Waals surface area contributed by atoms with Crippen molar-refractivity contribution in [3.63, 3.8) is 0 Å². The summed E-state index contributed by atoms with van der Waals surface area (Å²) in [5.41, 5.74) is 5.95. The highest BCUT2D eigenvalue weighted by Crippen LogP contribution is 2.18. The second kappa shape index (κ2) is 6.65. The maximum Gasteiger partial charge on any atom is 0.319 e. The predicted molar refractivity (Wildman–Crippen MR) is 73.4 cm³/mol. The van der Waals surface area contributed by atoms with Gasteiger partial charge in [-0.25, -0.2) is 13.6 Å². The number of hydrogen-bond acceptors (Lipinski definition) is 2. The zero-order valence-electron chi connectivity index (χ0n) is 11.2. The van der Waals surface area contributed by atoms with Gasteiger partial charge in [0, 0.05) is 18.2 Å². The van der Waals surface area contributed by atoms with Crippen LogP contribution in [-0.2, 0) is 0 Å². The maximum absolute atomic E-state index is 13.4. The zero-order chi connectivity index (χ0) is 14.5. The Balaban J connectivity index is 1.94. The molecule has 4 N–H and O–H groups in total. The van der Waals surface area contributed by atoms with E-state index in [1.165, 1.54) is 6.07 Å². The van der Waals surface area contributed by atoms with E-state index in [-0.39, 0.29) is 17.8 Å². The van der Waals surface area contributed by atoms with Crippen LogP contribution in [0.5, 0.6) is 0 Å². The third kappa shape index (κ3) is 3.90. The van der Waals surface area contributed by atoms with Crippen molar-refractivity contribution in [3.05, 3.63) is 29.8 Å². The largest absolute Gasteiger partial charge is 0.334 e. The minimum Gasteiger partial charge on any atom is -0.334 e. The van der Waals surface area contributed by atoms with Crippen LogP contribution in [0.2, 0.25) is 0 Å². The molecule has 2 unspecified atom stereocenters. The molecule has 0 spiro atoms. The summed E-state index contributed by atoms with van der Waals surface area (Å²) in [5, 5.41) is 5.14. The first-order valence-electron chi connectivity index (χ1n) is 6.84. The van der Waals surface area contributed by atoms with Gasteiger partial charge in [-0.3, -0.25) is 0 Å². The van der Waals surface area contributed by atoms with E-state index in [4.69, 9.17) is 5.73 Å². The number of carbonyl (C=O) groups is 1. The van der Waals surface area contributed by atoms with E-state index in [0.717, 1.165) is 44.2 Å². The highest BCUT2D eigenvalue weighted by molar-refractivity contribution is 5.89. The van der Waals surface area contributed by atoms with Gasteiger partial charge in [-0.1, -0.05) is 19.3 Å². The first-order valence-corrected chi connectivity index (χ1v) is 6.84. The molecule has 4 nitrogen and oxygen atoms in total. The Morgan fingerprint density at radius 2 is 1.95 bits per heavy atom. The lowest BCUT2D eigenvalue weighted by molar-refractivity contribution is 0.245. The van der Waals surface area contributed by atoms with Gasteiger partial charge in [0.1, 0.15) is 11.6 Å². The van der Waals surface area contributed by atoms with E-state index in [9.17, 15) is 13.6 Å². The molecule has 1 saturated carbocycles. The van der Waals surface area contributed by atoms with Crippen LogP contribution in [0.3, 0.4) is 0 Å². The Labute approximate surface area is 116 Å². The molecule has 1 aliphatic rings. The lowest BCUT2D eigenvalue weighted by Gasteiger charge is -2.22. The van der Waals surface area contributed by atoms with Crippen LogP contribution in [0.1, 0.15) is 32.1 Å². The molecule has 0 radical (unpaired) electrons. The van der Waals surface area contributed by atoms with Crippen LogP contribution in [-0.4, -0.2) is 18.1 Å². The van der Waals surface area contributed by atoms with Crippen LogP contribution in [0.4, 0.5) is 19.3 Å². The number of hydrogen-bond donors (Lipinski definition) is 3. The summed E-state index contributed by atoms with van der Waals surface area (Å²) in [5.74, 6) is -1.48.